The van der Waals surface area contributed by atoms with Crippen molar-refractivity contribution in [2.45, 2.75) is 43.7 Å². The van der Waals surface area contributed by atoms with Crippen LogP contribution in [0.5, 0.6) is 0 Å². The van der Waals surface area contributed by atoms with E-state index in [-0.39, 0.29) is 17.0 Å². The zero-order valence-corrected chi connectivity index (χ0v) is 14.4. The number of hydrogen-bond acceptors (Lipinski definition) is 4. The van der Waals surface area contributed by atoms with E-state index < -0.39 is 15.7 Å². The highest BCUT2D eigenvalue weighted by molar-refractivity contribution is 7.90. The number of halogens is 1. The predicted molar refractivity (Wildman–Crippen MR) is 87.6 cm³/mol. The average molecular weight is 339 g/mol. The monoisotopic (exact) mass is 339 g/mol. The fourth-order valence-corrected chi connectivity index (χ4v) is 3.24. The molecule has 23 heavy (non-hydrogen) atoms. The third kappa shape index (κ3) is 4.91. The molecule has 2 aromatic rings. The van der Waals surface area contributed by atoms with E-state index in [0.717, 1.165) is 30.4 Å². The van der Waals surface area contributed by atoms with Crippen molar-refractivity contribution in [3.8, 4) is 0 Å². The van der Waals surface area contributed by atoms with Crippen LogP contribution in [0.15, 0.2) is 45.9 Å². The smallest absolute Gasteiger partial charge is 0.178 e. The fraction of sp³-hybridized carbons (Fsp3) is 0.412. The molecule has 0 aliphatic rings. The van der Waals surface area contributed by atoms with Crippen molar-refractivity contribution < 1.29 is 17.2 Å². The molecule has 1 aromatic heterocycles. The minimum Gasteiger partial charge on any atom is -0.469 e. The number of hydrogen-bond donors (Lipinski definition) is 1. The highest BCUT2D eigenvalue weighted by atomic mass is 32.2. The topological polar surface area (TPSA) is 59.3 Å². The van der Waals surface area contributed by atoms with Gasteiger partial charge in [0.1, 0.15) is 16.5 Å². The lowest BCUT2D eigenvalue weighted by Gasteiger charge is -2.20. The van der Waals surface area contributed by atoms with Crippen molar-refractivity contribution in [3.63, 3.8) is 0 Å². The van der Waals surface area contributed by atoms with Crippen LogP contribution >= 0.6 is 0 Å². The van der Waals surface area contributed by atoms with Crippen molar-refractivity contribution in [1.82, 2.24) is 5.32 Å². The molecule has 2 atom stereocenters. The molecule has 0 saturated heterocycles. The van der Waals surface area contributed by atoms with Crippen LogP contribution < -0.4 is 5.32 Å². The van der Waals surface area contributed by atoms with Crippen LogP contribution in [0.25, 0.3) is 0 Å². The Morgan fingerprint density at radius 1 is 1.26 bits per heavy atom. The minimum atomic E-state index is -3.54. The summed E-state index contributed by atoms with van der Waals surface area (Å²) in [7, 11) is -3.54. The molecule has 1 aromatic carbocycles. The molecule has 0 bridgehead atoms. The summed E-state index contributed by atoms with van der Waals surface area (Å²) >= 11 is 0. The lowest BCUT2D eigenvalue weighted by Crippen LogP contribution is -2.29. The number of nitrogens with one attached hydrogen (secondary N) is 1. The van der Waals surface area contributed by atoms with Gasteiger partial charge in [0.2, 0.25) is 0 Å². The van der Waals surface area contributed by atoms with Gasteiger partial charge in [0.05, 0.1) is 6.26 Å². The second-order valence-electron chi connectivity index (χ2n) is 5.87. The SMILES string of the molecule is CC(CCc1ccco1)NC(C)c1ccc(S(C)(=O)=O)c(F)c1. The normalized spacial score (nSPS) is 14.6. The number of sulfone groups is 1. The van der Waals surface area contributed by atoms with Crippen LogP contribution in [-0.2, 0) is 16.3 Å². The second kappa shape index (κ2) is 7.27. The van der Waals surface area contributed by atoms with E-state index >= 15 is 0 Å². The van der Waals surface area contributed by atoms with Gasteiger partial charge in [-0.25, -0.2) is 12.8 Å². The molecule has 0 spiro atoms. The van der Waals surface area contributed by atoms with E-state index in [4.69, 9.17) is 4.42 Å². The van der Waals surface area contributed by atoms with Crippen molar-refractivity contribution in [2.24, 2.45) is 0 Å². The van der Waals surface area contributed by atoms with Gasteiger partial charge < -0.3 is 9.73 Å². The largest absolute Gasteiger partial charge is 0.469 e. The maximum Gasteiger partial charge on any atom is 0.178 e. The summed E-state index contributed by atoms with van der Waals surface area (Å²) in [6.45, 7) is 3.99. The Morgan fingerprint density at radius 3 is 2.57 bits per heavy atom. The first-order chi connectivity index (χ1) is 10.8. The Morgan fingerprint density at radius 2 is 2.00 bits per heavy atom. The first-order valence-corrected chi connectivity index (χ1v) is 9.44. The molecule has 6 heteroatoms. The summed E-state index contributed by atoms with van der Waals surface area (Å²) in [5.41, 5.74) is 0.722. The Labute approximate surface area is 136 Å². The van der Waals surface area contributed by atoms with E-state index in [1.165, 1.54) is 12.1 Å². The summed E-state index contributed by atoms with van der Waals surface area (Å²) in [4.78, 5) is -0.265. The maximum atomic E-state index is 14.0. The summed E-state index contributed by atoms with van der Waals surface area (Å²) in [6, 6.07) is 8.20. The van der Waals surface area contributed by atoms with Crippen LogP contribution in [0.4, 0.5) is 4.39 Å². The highest BCUT2D eigenvalue weighted by Gasteiger charge is 2.16. The number of rotatable bonds is 7. The Kier molecular flexibility index (Phi) is 5.59. The lowest BCUT2D eigenvalue weighted by atomic mass is 10.1. The predicted octanol–water partition coefficient (Wildman–Crippen LogP) is 3.49. The molecule has 126 valence electrons. The first kappa shape index (κ1) is 17.7. The van der Waals surface area contributed by atoms with Crippen molar-refractivity contribution >= 4 is 9.84 Å². The van der Waals surface area contributed by atoms with Crippen molar-refractivity contribution in [2.75, 3.05) is 6.26 Å². The summed E-state index contributed by atoms with van der Waals surface area (Å²) in [6.07, 6.45) is 4.38. The highest BCUT2D eigenvalue weighted by Crippen LogP contribution is 2.21. The van der Waals surface area contributed by atoms with Gasteiger partial charge in [-0.05, 0) is 50.1 Å². The molecule has 4 nitrogen and oxygen atoms in total. The zero-order chi connectivity index (χ0) is 17.0. The second-order valence-corrected chi connectivity index (χ2v) is 7.85. The lowest BCUT2D eigenvalue weighted by molar-refractivity contribution is 0.429. The van der Waals surface area contributed by atoms with Gasteiger partial charge in [-0.2, -0.15) is 0 Å². The van der Waals surface area contributed by atoms with Gasteiger partial charge in [-0.3, -0.25) is 0 Å². The number of furan rings is 1. The van der Waals surface area contributed by atoms with Crippen LogP contribution in [-0.4, -0.2) is 20.7 Å². The molecule has 0 fully saturated rings. The van der Waals surface area contributed by atoms with Crippen molar-refractivity contribution in [1.29, 1.82) is 0 Å². The Balaban J connectivity index is 1.97. The third-order valence-corrected chi connectivity index (χ3v) is 4.92. The van der Waals surface area contributed by atoms with Gasteiger partial charge >= 0.3 is 0 Å². The van der Waals surface area contributed by atoms with E-state index in [0.29, 0.717) is 0 Å². The summed E-state index contributed by atoms with van der Waals surface area (Å²) in [5, 5.41) is 3.39. The molecule has 0 amide bonds. The van der Waals surface area contributed by atoms with Gasteiger partial charge in [0.15, 0.2) is 9.84 Å². The van der Waals surface area contributed by atoms with E-state index in [1.807, 2.05) is 19.1 Å². The van der Waals surface area contributed by atoms with Gasteiger partial charge in [-0.15, -0.1) is 0 Å². The van der Waals surface area contributed by atoms with Gasteiger partial charge in [-0.1, -0.05) is 6.07 Å². The molecule has 0 aliphatic carbocycles. The van der Waals surface area contributed by atoms with E-state index in [2.05, 4.69) is 12.2 Å². The summed E-state index contributed by atoms with van der Waals surface area (Å²) < 4.78 is 42.2. The molecular weight excluding hydrogens is 317 g/mol. The molecule has 0 radical (unpaired) electrons. The Hall–Kier alpha value is -1.66. The minimum absolute atomic E-state index is 0.0790. The average Bonchev–Trinajstić information content (AvgIpc) is 2.96. The number of benzene rings is 1. The molecule has 2 rings (SSSR count). The fourth-order valence-electron chi connectivity index (χ4n) is 2.51. The van der Waals surface area contributed by atoms with Gasteiger partial charge in [0.25, 0.3) is 0 Å². The quantitative estimate of drug-likeness (QED) is 0.839. The summed E-state index contributed by atoms with van der Waals surface area (Å²) in [5.74, 6) is 0.233. The number of aryl methyl sites for hydroxylation is 1. The van der Waals surface area contributed by atoms with E-state index in [9.17, 15) is 12.8 Å². The molecule has 1 heterocycles. The standard InChI is InChI=1S/C17H22FNO3S/c1-12(6-8-15-5-4-10-22-15)19-13(2)14-7-9-17(16(18)11-14)23(3,20)21/h4-5,7,9-13,19H,6,8H2,1-3H3. The molecule has 2 unspecified atom stereocenters. The molecule has 1 N–H and O–H groups in total. The Bertz CT molecular complexity index is 741. The molecule has 0 aliphatic heterocycles. The molecular formula is C17H22FNO3S. The maximum absolute atomic E-state index is 14.0. The van der Waals surface area contributed by atoms with Crippen LogP contribution in [0.3, 0.4) is 0 Å². The zero-order valence-electron chi connectivity index (χ0n) is 13.5. The van der Waals surface area contributed by atoms with Crippen molar-refractivity contribution in [3.05, 3.63) is 53.7 Å². The third-order valence-electron chi connectivity index (χ3n) is 3.79. The van der Waals surface area contributed by atoms with E-state index in [1.54, 1.807) is 12.3 Å². The van der Waals surface area contributed by atoms with Crippen LogP contribution in [0, 0.1) is 5.82 Å². The first-order valence-electron chi connectivity index (χ1n) is 7.55. The molecule has 0 saturated carbocycles. The van der Waals surface area contributed by atoms with Gasteiger partial charge in [0, 0.05) is 24.8 Å². The van der Waals surface area contributed by atoms with Crippen LogP contribution in [0.2, 0.25) is 0 Å². The van der Waals surface area contributed by atoms with Crippen LogP contribution in [0.1, 0.15) is 37.6 Å².